The number of benzene rings is 1. The van der Waals surface area contributed by atoms with Gasteiger partial charge in [-0.15, -0.1) is 0 Å². The number of piperidine rings is 1. The number of carbonyl (C=O) groups is 1. The lowest BCUT2D eigenvalue weighted by atomic mass is 9.98. The third kappa shape index (κ3) is 2.60. The molecular formula is C15H17FN2O. The van der Waals surface area contributed by atoms with E-state index in [1.165, 1.54) is 11.0 Å². The van der Waals surface area contributed by atoms with Crippen LogP contribution < -0.4 is 4.90 Å². The summed E-state index contributed by atoms with van der Waals surface area (Å²) >= 11 is 0. The number of halogens is 1. The zero-order valence-electron chi connectivity index (χ0n) is 11.2. The first-order chi connectivity index (χ1) is 9.04. The summed E-state index contributed by atoms with van der Waals surface area (Å²) in [5.74, 6) is -0.361. The molecule has 0 saturated carbocycles. The molecule has 0 atom stereocenters. The largest absolute Gasteiger partial charge is 0.311 e. The van der Waals surface area contributed by atoms with Crippen LogP contribution in [0.5, 0.6) is 0 Å². The van der Waals surface area contributed by atoms with Crippen molar-refractivity contribution >= 4 is 11.6 Å². The minimum Gasteiger partial charge on any atom is -0.311 e. The van der Waals surface area contributed by atoms with Crippen LogP contribution in [0.15, 0.2) is 12.1 Å². The second-order valence-electron chi connectivity index (χ2n) is 5.16. The molecule has 1 amide bonds. The molecule has 0 aliphatic carbocycles. The van der Waals surface area contributed by atoms with Gasteiger partial charge in [-0.05, 0) is 36.5 Å². The molecule has 19 heavy (non-hydrogen) atoms. The third-order valence-corrected chi connectivity index (χ3v) is 3.47. The van der Waals surface area contributed by atoms with E-state index in [2.05, 4.69) is 6.07 Å². The first-order valence-electron chi connectivity index (χ1n) is 6.58. The highest BCUT2D eigenvalue weighted by atomic mass is 19.1. The van der Waals surface area contributed by atoms with E-state index < -0.39 is 0 Å². The monoisotopic (exact) mass is 260 g/mol. The molecule has 1 saturated heterocycles. The molecule has 4 heteroatoms. The van der Waals surface area contributed by atoms with Gasteiger partial charge >= 0.3 is 0 Å². The minimum atomic E-state index is -0.345. The van der Waals surface area contributed by atoms with E-state index >= 15 is 0 Å². The zero-order chi connectivity index (χ0) is 14.0. The molecule has 3 nitrogen and oxygen atoms in total. The van der Waals surface area contributed by atoms with Crippen molar-refractivity contribution in [3.05, 3.63) is 29.1 Å². The van der Waals surface area contributed by atoms with Crippen LogP contribution in [-0.4, -0.2) is 12.5 Å². The number of amides is 1. The molecule has 0 unspecified atom stereocenters. The number of hydrogen-bond acceptors (Lipinski definition) is 2. The molecule has 0 aromatic heterocycles. The lowest BCUT2D eigenvalue weighted by Crippen LogP contribution is -2.35. The van der Waals surface area contributed by atoms with Crippen molar-refractivity contribution in [2.24, 2.45) is 0 Å². The second kappa shape index (κ2) is 5.40. The number of nitriles is 1. The summed E-state index contributed by atoms with van der Waals surface area (Å²) < 4.78 is 14.1. The van der Waals surface area contributed by atoms with Gasteiger partial charge in [0.2, 0.25) is 5.91 Å². The van der Waals surface area contributed by atoms with Crippen molar-refractivity contribution in [1.29, 1.82) is 5.26 Å². The van der Waals surface area contributed by atoms with Crippen molar-refractivity contribution in [3.8, 4) is 6.07 Å². The molecule has 1 aromatic carbocycles. The number of carbonyl (C=O) groups excluding carboxylic acids is 1. The molecule has 0 bridgehead atoms. The Kier molecular flexibility index (Phi) is 3.84. The predicted octanol–water partition coefficient (Wildman–Crippen LogP) is 3.34. The number of anilines is 1. The molecular weight excluding hydrogens is 243 g/mol. The first-order valence-corrected chi connectivity index (χ1v) is 6.58. The Morgan fingerprint density at radius 2 is 2.11 bits per heavy atom. The van der Waals surface area contributed by atoms with E-state index in [1.807, 2.05) is 13.8 Å². The quantitative estimate of drug-likeness (QED) is 0.818. The molecule has 0 spiro atoms. The normalized spacial score (nSPS) is 15.7. The van der Waals surface area contributed by atoms with Crippen LogP contribution in [0.2, 0.25) is 0 Å². The molecule has 1 fully saturated rings. The molecule has 1 aliphatic heterocycles. The standard InChI is InChI=1S/C15H17FN2O/c1-10(2)12-7-11(9-17)14(8-13(12)16)18-6-4-3-5-15(18)19/h7-8,10H,3-6H2,1-2H3. The van der Waals surface area contributed by atoms with Gasteiger partial charge in [0, 0.05) is 13.0 Å². The summed E-state index contributed by atoms with van der Waals surface area (Å²) in [6.45, 7) is 4.32. The smallest absolute Gasteiger partial charge is 0.227 e. The Bertz CT molecular complexity index is 546. The summed E-state index contributed by atoms with van der Waals surface area (Å²) in [6.07, 6.45) is 2.23. The molecule has 0 radical (unpaired) electrons. The van der Waals surface area contributed by atoms with Gasteiger partial charge < -0.3 is 4.90 Å². The maximum atomic E-state index is 14.1. The molecule has 0 N–H and O–H groups in total. The summed E-state index contributed by atoms with van der Waals surface area (Å²) in [5, 5.41) is 9.22. The SMILES string of the molecule is CC(C)c1cc(C#N)c(N2CCCCC2=O)cc1F. The van der Waals surface area contributed by atoms with Crippen molar-refractivity contribution in [2.45, 2.75) is 39.0 Å². The average Bonchev–Trinajstić information content (AvgIpc) is 2.38. The van der Waals surface area contributed by atoms with Crippen LogP contribution in [0, 0.1) is 17.1 Å². The summed E-state index contributed by atoms with van der Waals surface area (Å²) in [4.78, 5) is 13.4. The van der Waals surface area contributed by atoms with Crippen LogP contribution in [0.4, 0.5) is 10.1 Å². The Labute approximate surface area is 112 Å². The Morgan fingerprint density at radius 1 is 1.37 bits per heavy atom. The number of nitrogens with zero attached hydrogens (tertiary/aromatic N) is 2. The highest BCUT2D eigenvalue weighted by Gasteiger charge is 2.24. The van der Waals surface area contributed by atoms with Crippen molar-refractivity contribution < 1.29 is 9.18 Å². The van der Waals surface area contributed by atoms with Crippen LogP contribution in [0.3, 0.4) is 0 Å². The number of rotatable bonds is 2. The van der Waals surface area contributed by atoms with Crippen molar-refractivity contribution in [3.63, 3.8) is 0 Å². The predicted molar refractivity (Wildman–Crippen MR) is 71.4 cm³/mol. The molecule has 2 rings (SSSR count). The van der Waals surface area contributed by atoms with E-state index in [-0.39, 0.29) is 17.6 Å². The maximum Gasteiger partial charge on any atom is 0.227 e. The zero-order valence-corrected chi connectivity index (χ0v) is 11.2. The van der Waals surface area contributed by atoms with Crippen LogP contribution >= 0.6 is 0 Å². The molecule has 1 heterocycles. The summed E-state index contributed by atoms with van der Waals surface area (Å²) in [7, 11) is 0. The third-order valence-electron chi connectivity index (χ3n) is 3.47. The Hall–Kier alpha value is -1.89. The molecule has 1 aromatic rings. The van der Waals surface area contributed by atoms with Crippen molar-refractivity contribution in [2.75, 3.05) is 11.4 Å². The number of hydrogen-bond donors (Lipinski definition) is 0. The van der Waals surface area contributed by atoms with E-state index in [4.69, 9.17) is 0 Å². The maximum absolute atomic E-state index is 14.1. The summed E-state index contributed by atoms with van der Waals surface area (Å²) in [5.41, 5.74) is 1.30. The van der Waals surface area contributed by atoms with Crippen LogP contribution in [-0.2, 0) is 4.79 Å². The highest BCUT2D eigenvalue weighted by molar-refractivity contribution is 5.95. The second-order valence-corrected chi connectivity index (χ2v) is 5.16. The highest BCUT2D eigenvalue weighted by Crippen LogP contribution is 2.30. The lowest BCUT2D eigenvalue weighted by molar-refractivity contribution is -0.119. The lowest BCUT2D eigenvalue weighted by Gasteiger charge is -2.28. The van der Waals surface area contributed by atoms with Gasteiger partial charge in [-0.2, -0.15) is 5.26 Å². The van der Waals surface area contributed by atoms with E-state index in [1.54, 1.807) is 6.07 Å². The van der Waals surface area contributed by atoms with Gasteiger partial charge in [-0.3, -0.25) is 4.79 Å². The fourth-order valence-corrected chi connectivity index (χ4v) is 2.40. The Morgan fingerprint density at radius 3 is 2.68 bits per heavy atom. The van der Waals surface area contributed by atoms with E-state index in [0.717, 1.165) is 12.8 Å². The van der Waals surface area contributed by atoms with Gasteiger partial charge in [-0.1, -0.05) is 13.8 Å². The topological polar surface area (TPSA) is 44.1 Å². The fourth-order valence-electron chi connectivity index (χ4n) is 2.40. The van der Waals surface area contributed by atoms with Gasteiger partial charge in [-0.25, -0.2) is 4.39 Å². The van der Waals surface area contributed by atoms with Gasteiger partial charge in [0.25, 0.3) is 0 Å². The first kappa shape index (κ1) is 13.5. The van der Waals surface area contributed by atoms with E-state index in [9.17, 15) is 14.4 Å². The van der Waals surface area contributed by atoms with Gasteiger partial charge in [0.1, 0.15) is 11.9 Å². The van der Waals surface area contributed by atoms with Gasteiger partial charge in [0.05, 0.1) is 11.3 Å². The fraction of sp³-hybridized carbons (Fsp3) is 0.467. The molecule has 100 valence electrons. The minimum absolute atomic E-state index is 0.0122. The van der Waals surface area contributed by atoms with E-state index in [0.29, 0.717) is 29.8 Å². The van der Waals surface area contributed by atoms with Gasteiger partial charge in [0.15, 0.2) is 0 Å². The van der Waals surface area contributed by atoms with Crippen molar-refractivity contribution in [1.82, 2.24) is 0 Å². The summed E-state index contributed by atoms with van der Waals surface area (Å²) in [6, 6.07) is 4.97. The van der Waals surface area contributed by atoms with Crippen LogP contribution in [0.25, 0.3) is 0 Å². The van der Waals surface area contributed by atoms with Crippen LogP contribution in [0.1, 0.15) is 50.2 Å². The Balaban J connectivity index is 2.48. The average molecular weight is 260 g/mol. The molecule has 1 aliphatic rings.